The number of carbonyl (C=O) groups excluding carboxylic acids is 2. The lowest BCUT2D eigenvalue weighted by molar-refractivity contribution is -0.145. The number of likely N-dealkylation sites (tertiary alicyclic amines) is 1. The third-order valence-electron chi connectivity index (χ3n) is 11.3. The lowest BCUT2D eigenvalue weighted by Crippen LogP contribution is -2.52. The zero-order chi connectivity index (χ0) is 38.0. The molecule has 2 aromatic heterocycles. The van der Waals surface area contributed by atoms with Crippen molar-refractivity contribution < 1.29 is 24.6 Å². The van der Waals surface area contributed by atoms with Gasteiger partial charge in [0.15, 0.2) is 0 Å². The number of aromatic nitrogens is 2. The zero-order valence-electron chi connectivity index (χ0n) is 31.4. The standard InChI is InChI=1S/C43H50N6O5/c1-26-32(9-7-11-36(26)47-40(51)38-19-34(28-13-14-28)30(21-44-38)23-46-43(3,25-50)42(53)54)33-10-8-12-37(27(33)2)48-41(52)39-20-35(29-15-16-29)31(22-45-39)24-49-17-5-4-6-18-49/h7-12,19-22,28-29,46,50H,4-6,13-18,23-25H2,1-3H3,(H,47,51)(H,48,52)(H,53,54). The first kappa shape index (κ1) is 37.3. The Balaban J connectivity index is 1.06. The Morgan fingerprint density at radius 1 is 0.778 bits per heavy atom. The smallest absolute Gasteiger partial charge is 0.326 e. The second-order valence-electron chi connectivity index (χ2n) is 15.4. The lowest BCUT2D eigenvalue weighted by atomic mass is 9.94. The van der Waals surface area contributed by atoms with Crippen LogP contribution in [-0.2, 0) is 17.9 Å². The molecule has 7 rings (SSSR count). The van der Waals surface area contributed by atoms with Gasteiger partial charge in [0, 0.05) is 36.9 Å². The Morgan fingerprint density at radius 2 is 1.28 bits per heavy atom. The second-order valence-corrected chi connectivity index (χ2v) is 15.4. The number of nitrogens with one attached hydrogen (secondary N) is 3. The summed E-state index contributed by atoms with van der Waals surface area (Å²) in [4.78, 5) is 50.5. The molecule has 1 unspecified atom stereocenters. The van der Waals surface area contributed by atoms with Gasteiger partial charge in [0.1, 0.15) is 16.9 Å². The zero-order valence-corrected chi connectivity index (χ0v) is 31.4. The average Bonchev–Trinajstić information content (AvgIpc) is 4.11. The number of aliphatic carboxylic acids is 1. The molecule has 2 saturated carbocycles. The van der Waals surface area contributed by atoms with Crippen molar-refractivity contribution in [2.24, 2.45) is 0 Å². The van der Waals surface area contributed by atoms with E-state index in [4.69, 9.17) is 0 Å². The predicted octanol–water partition coefficient (Wildman–Crippen LogP) is 6.93. The van der Waals surface area contributed by atoms with E-state index in [1.807, 2.05) is 62.5 Å². The Labute approximate surface area is 316 Å². The van der Waals surface area contributed by atoms with Crippen LogP contribution in [0.2, 0.25) is 0 Å². The number of hydrogen-bond donors (Lipinski definition) is 5. The third kappa shape index (κ3) is 8.23. The summed E-state index contributed by atoms with van der Waals surface area (Å²) in [6, 6.07) is 15.4. The van der Waals surface area contributed by atoms with Crippen LogP contribution in [0.1, 0.15) is 118 Å². The van der Waals surface area contributed by atoms with Crippen LogP contribution >= 0.6 is 0 Å². The summed E-state index contributed by atoms with van der Waals surface area (Å²) < 4.78 is 0. The van der Waals surface area contributed by atoms with E-state index in [2.05, 4.69) is 30.8 Å². The van der Waals surface area contributed by atoms with Gasteiger partial charge >= 0.3 is 5.97 Å². The number of pyridine rings is 2. The molecule has 282 valence electrons. The van der Waals surface area contributed by atoms with Crippen molar-refractivity contribution in [3.63, 3.8) is 0 Å². The number of rotatable bonds is 14. The number of anilines is 2. The number of aliphatic hydroxyl groups is 1. The summed E-state index contributed by atoms with van der Waals surface area (Å²) in [7, 11) is 0. The summed E-state index contributed by atoms with van der Waals surface area (Å²) >= 11 is 0. The van der Waals surface area contributed by atoms with Gasteiger partial charge in [-0.15, -0.1) is 0 Å². The van der Waals surface area contributed by atoms with Gasteiger partial charge in [-0.3, -0.25) is 34.6 Å². The summed E-state index contributed by atoms with van der Waals surface area (Å²) in [6.07, 6.45) is 11.6. The highest BCUT2D eigenvalue weighted by Gasteiger charge is 2.34. The average molecular weight is 731 g/mol. The fraction of sp³-hybridized carbons (Fsp3) is 0.419. The van der Waals surface area contributed by atoms with Crippen molar-refractivity contribution in [3.8, 4) is 11.1 Å². The van der Waals surface area contributed by atoms with E-state index in [1.54, 1.807) is 12.3 Å². The number of hydrogen-bond acceptors (Lipinski definition) is 8. The quantitative estimate of drug-likeness (QED) is 0.0929. The van der Waals surface area contributed by atoms with Crippen LogP contribution in [-0.4, -0.2) is 68.1 Å². The highest BCUT2D eigenvalue weighted by atomic mass is 16.4. The first-order valence-electron chi connectivity index (χ1n) is 19.2. The molecule has 2 amide bonds. The van der Waals surface area contributed by atoms with E-state index >= 15 is 0 Å². The summed E-state index contributed by atoms with van der Waals surface area (Å²) in [5.41, 5.74) is 8.46. The summed E-state index contributed by atoms with van der Waals surface area (Å²) in [5.74, 6) is -0.937. The van der Waals surface area contributed by atoms with Crippen molar-refractivity contribution in [3.05, 3.63) is 106 Å². The second kappa shape index (κ2) is 15.8. The highest BCUT2D eigenvalue weighted by molar-refractivity contribution is 6.05. The molecule has 11 nitrogen and oxygen atoms in total. The van der Waals surface area contributed by atoms with Crippen LogP contribution in [0.3, 0.4) is 0 Å². The van der Waals surface area contributed by atoms with Gasteiger partial charge in [-0.05, 0) is 153 Å². The fourth-order valence-corrected chi connectivity index (χ4v) is 7.42. The number of carboxylic acid groups (broad SMARTS) is 1. The lowest BCUT2D eigenvalue weighted by Gasteiger charge is -2.27. The molecular formula is C43H50N6O5. The molecule has 0 bridgehead atoms. The van der Waals surface area contributed by atoms with Crippen LogP contribution in [0.25, 0.3) is 11.1 Å². The van der Waals surface area contributed by atoms with Gasteiger partial charge in [-0.2, -0.15) is 0 Å². The predicted molar refractivity (Wildman–Crippen MR) is 209 cm³/mol. The topological polar surface area (TPSA) is 157 Å². The highest BCUT2D eigenvalue weighted by Crippen LogP contribution is 2.43. The van der Waals surface area contributed by atoms with Gasteiger partial charge in [-0.25, -0.2) is 0 Å². The molecular weight excluding hydrogens is 681 g/mol. The van der Waals surface area contributed by atoms with Crippen molar-refractivity contribution in [2.45, 2.75) is 96.2 Å². The van der Waals surface area contributed by atoms with Crippen LogP contribution in [0.15, 0.2) is 60.9 Å². The van der Waals surface area contributed by atoms with Crippen LogP contribution in [0.4, 0.5) is 11.4 Å². The van der Waals surface area contributed by atoms with Crippen molar-refractivity contribution in [1.29, 1.82) is 0 Å². The molecule has 5 N–H and O–H groups in total. The van der Waals surface area contributed by atoms with E-state index in [0.717, 1.165) is 78.7 Å². The van der Waals surface area contributed by atoms with Crippen LogP contribution in [0.5, 0.6) is 0 Å². The molecule has 1 saturated heterocycles. The van der Waals surface area contributed by atoms with Crippen LogP contribution in [0, 0.1) is 13.8 Å². The fourth-order valence-electron chi connectivity index (χ4n) is 7.42. The SMILES string of the molecule is Cc1c(NC(=O)c2cc(C3CC3)c(CNC(C)(CO)C(=O)O)cn2)cccc1-c1cccc(NC(=O)c2cc(C3CC3)c(CN3CCCCC3)cn2)c1C. The Hall–Kier alpha value is -4.97. The van der Waals surface area contributed by atoms with Crippen LogP contribution < -0.4 is 16.0 Å². The number of benzene rings is 2. The van der Waals surface area contributed by atoms with Crippen molar-refractivity contribution in [1.82, 2.24) is 20.2 Å². The maximum absolute atomic E-state index is 13.6. The molecule has 1 aliphatic heterocycles. The van der Waals surface area contributed by atoms with E-state index < -0.39 is 18.1 Å². The maximum Gasteiger partial charge on any atom is 0.326 e. The first-order chi connectivity index (χ1) is 26.0. The molecule has 2 aliphatic carbocycles. The van der Waals surface area contributed by atoms with E-state index in [-0.39, 0.29) is 30.0 Å². The molecule has 54 heavy (non-hydrogen) atoms. The van der Waals surface area contributed by atoms with E-state index in [9.17, 15) is 24.6 Å². The first-order valence-corrected chi connectivity index (χ1v) is 19.2. The summed E-state index contributed by atoms with van der Waals surface area (Å²) in [5, 5.41) is 28.3. The molecule has 1 atom stereocenters. The minimum Gasteiger partial charge on any atom is -0.480 e. The van der Waals surface area contributed by atoms with Gasteiger partial charge in [0.05, 0.1) is 6.61 Å². The normalized spacial score (nSPS) is 17.1. The van der Waals surface area contributed by atoms with Gasteiger partial charge < -0.3 is 20.8 Å². The molecule has 4 aromatic rings. The van der Waals surface area contributed by atoms with Gasteiger partial charge in [-0.1, -0.05) is 30.7 Å². The summed E-state index contributed by atoms with van der Waals surface area (Å²) in [6.45, 7) is 8.15. The number of carboxylic acids is 1. The number of nitrogens with zero attached hydrogens (tertiary/aromatic N) is 3. The third-order valence-corrected chi connectivity index (χ3v) is 11.3. The molecule has 3 heterocycles. The van der Waals surface area contributed by atoms with Gasteiger partial charge in [0.2, 0.25) is 0 Å². The molecule has 2 aromatic carbocycles. The minimum absolute atomic E-state index is 0.202. The Bertz CT molecular complexity index is 2070. The van der Waals surface area contributed by atoms with E-state index in [0.29, 0.717) is 23.0 Å². The molecule has 0 radical (unpaired) electrons. The number of carbonyl (C=O) groups is 3. The Kier molecular flexibility index (Phi) is 10.9. The largest absolute Gasteiger partial charge is 0.480 e. The molecule has 3 fully saturated rings. The van der Waals surface area contributed by atoms with Gasteiger partial charge in [0.25, 0.3) is 11.8 Å². The van der Waals surface area contributed by atoms with Crippen molar-refractivity contribution >= 4 is 29.2 Å². The van der Waals surface area contributed by atoms with Crippen molar-refractivity contribution in [2.75, 3.05) is 30.3 Å². The molecule has 3 aliphatic rings. The monoisotopic (exact) mass is 730 g/mol. The number of aliphatic hydroxyl groups excluding tert-OH is 1. The maximum atomic E-state index is 13.6. The molecule has 11 heteroatoms. The van der Waals surface area contributed by atoms with E-state index in [1.165, 1.54) is 37.3 Å². The molecule has 0 spiro atoms. The number of amides is 2. The minimum atomic E-state index is -1.49. The number of piperidine rings is 1. The Morgan fingerprint density at radius 3 is 1.76 bits per heavy atom.